The van der Waals surface area contributed by atoms with Crippen LogP contribution in [-0.4, -0.2) is 5.78 Å². The molecule has 7 atom stereocenters. The van der Waals surface area contributed by atoms with Crippen LogP contribution in [0.3, 0.4) is 0 Å². The Bertz CT molecular complexity index is 510. The van der Waals surface area contributed by atoms with Crippen LogP contribution in [0.2, 0.25) is 0 Å². The summed E-state index contributed by atoms with van der Waals surface area (Å²) in [6.45, 7) is 9.29. The molecule has 0 bridgehead atoms. The first-order valence-electron chi connectivity index (χ1n) is 10.3. The Labute approximate surface area is 143 Å². The summed E-state index contributed by atoms with van der Waals surface area (Å²) >= 11 is 0. The van der Waals surface area contributed by atoms with Gasteiger partial charge in [-0.15, -0.1) is 0 Å². The Balaban J connectivity index is 1.67. The van der Waals surface area contributed by atoms with E-state index in [9.17, 15) is 4.79 Å². The summed E-state index contributed by atoms with van der Waals surface area (Å²) < 4.78 is 0. The maximum atomic E-state index is 12.5. The van der Waals surface area contributed by atoms with Crippen LogP contribution in [0.5, 0.6) is 0 Å². The summed E-state index contributed by atoms with van der Waals surface area (Å²) in [7, 11) is 0. The lowest BCUT2D eigenvalue weighted by atomic mass is 9.43. The van der Waals surface area contributed by atoms with Crippen molar-refractivity contribution in [2.24, 2.45) is 39.9 Å². The first kappa shape index (κ1) is 16.2. The van der Waals surface area contributed by atoms with E-state index in [-0.39, 0.29) is 10.8 Å². The van der Waals surface area contributed by atoms with Crippen LogP contribution in [0.1, 0.15) is 91.9 Å². The van der Waals surface area contributed by atoms with Crippen molar-refractivity contribution in [1.82, 2.24) is 0 Å². The van der Waals surface area contributed by atoms with Crippen molar-refractivity contribution in [1.29, 1.82) is 0 Å². The second-order valence-electron chi connectivity index (χ2n) is 10.3. The molecule has 4 rings (SSSR count). The van der Waals surface area contributed by atoms with Gasteiger partial charge in [-0.3, -0.25) is 4.79 Å². The molecule has 4 fully saturated rings. The predicted octanol–water partition coefficient (Wildman–Crippen LogP) is 6.01. The average Bonchev–Trinajstić information content (AvgIpc) is 2.80. The van der Waals surface area contributed by atoms with Crippen LogP contribution >= 0.6 is 0 Å². The third kappa shape index (κ3) is 1.94. The SMILES string of the molecule is CC(=O)[C@@]1(C)CC[C@H]2[C@@H]3CC[C@H]4CCCC[C@]4(C)[C@H]3CC[C@@]21C. The highest BCUT2D eigenvalue weighted by Crippen LogP contribution is 2.70. The van der Waals surface area contributed by atoms with Gasteiger partial charge < -0.3 is 0 Å². The lowest BCUT2D eigenvalue weighted by Gasteiger charge is -2.61. The molecule has 0 unspecified atom stereocenters. The van der Waals surface area contributed by atoms with Crippen LogP contribution in [-0.2, 0) is 4.79 Å². The van der Waals surface area contributed by atoms with Gasteiger partial charge in [-0.05, 0) is 92.8 Å². The summed E-state index contributed by atoms with van der Waals surface area (Å²) in [5, 5.41) is 0. The number of rotatable bonds is 1. The molecule has 130 valence electrons. The van der Waals surface area contributed by atoms with E-state index < -0.39 is 0 Å². The van der Waals surface area contributed by atoms with E-state index in [0.29, 0.717) is 11.2 Å². The smallest absolute Gasteiger partial charge is 0.136 e. The molecule has 0 heterocycles. The quantitative estimate of drug-likeness (QED) is 0.578. The van der Waals surface area contributed by atoms with Gasteiger partial charge in [-0.25, -0.2) is 0 Å². The zero-order valence-electron chi connectivity index (χ0n) is 15.8. The fourth-order valence-electron chi connectivity index (χ4n) is 8.14. The van der Waals surface area contributed by atoms with Crippen LogP contribution in [0, 0.1) is 39.9 Å². The highest BCUT2D eigenvalue weighted by molar-refractivity contribution is 5.83. The highest BCUT2D eigenvalue weighted by Gasteiger charge is 2.64. The standard InChI is InChI=1S/C22H36O/c1-15(23)21(3)13-11-19-17-9-8-16-7-5-6-12-20(16,2)18(17)10-14-22(19,21)4/h16-19H,5-14H2,1-4H3/t16-,17-,18+,19+,20+,21-,22+/m1/s1. The zero-order valence-corrected chi connectivity index (χ0v) is 15.8. The number of hydrogen-bond donors (Lipinski definition) is 0. The first-order valence-corrected chi connectivity index (χ1v) is 10.3. The molecule has 1 heteroatoms. The molecule has 0 aromatic rings. The predicted molar refractivity (Wildman–Crippen MR) is 95.1 cm³/mol. The minimum atomic E-state index is -0.0487. The van der Waals surface area contributed by atoms with Crippen molar-refractivity contribution in [3.05, 3.63) is 0 Å². The van der Waals surface area contributed by atoms with Crippen LogP contribution in [0.15, 0.2) is 0 Å². The third-order valence-electron chi connectivity index (χ3n) is 9.97. The van der Waals surface area contributed by atoms with Crippen molar-refractivity contribution in [2.45, 2.75) is 91.9 Å². The maximum Gasteiger partial charge on any atom is 0.136 e. The lowest BCUT2D eigenvalue weighted by Crippen LogP contribution is -2.54. The Morgan fingerprint density at radius 1 is 0.826 bits per heavy atom. The molecule has 1 nitrogen and oxygen atoms in total. The molecule has 0 amide bonds. The maximum absolute atomic E-state index is 12.5. The van der Waals surface area contributed by atoms with E-state index in [0.717, 1.165) is 30.1 Å². The Morgan fingerprint density at radius 2 is 1.57 bits per heavy atom. The van der Waals surface area contributed by atoms with Crippen molar-refractivity contribution < 1.29 is 4.79 Å². The summed E-state index contributed by atoms with van der Waals surface area (Å²) in [5.41, 5.74) is 0.850. The Hall–Kier alpha value is -0.330. The molecule has 0 spiro atoms. The van der Waals surface area contributed by atoms with Gasteiger partial charge in [0, 0.05) is 5.41 Å². The van der Waals surface area contributed by atoms with Gasteiger partial charge in [0.1, 0.15) is 5.78 Å². The number of hydrogen-bond acceptors (Lipinski definition) is 1. The van der Waals surface area contributed by atoms with E-state index in [4.69, 9.17) is 0 Å². The minimum Gasteiger partial charge on any atom is -0.299 e. The second-order valence-corrected chi connectivity index (χ2v) is 10.3. The fourth-order valence-corrected chi connectivity index (χ4v) is 8.14. The summed E-state index contributed by atoms with van der Waals surface area (Å²) in [6.07, 6.45) is 14.0. The van der Waals surface area contributed by atoms with Gasteiger partial charge in [-0.2, -0.15) is 0 Å². The normalized spacial score (nSPS) is 55.7. The van der Waals surface area contributed by atoms with Gasteiger partial charge in [0.2, 0.25) is 0 Å². The van der Waals surface area contributed by atoms with Crippen molar-refractivity contribution in [3.63, 3.8) is 0 Å². The van der Waals surface area contributed by atoms with Crippen molar-refractivity contribution in [3.8, 4) is 0 Å². The lowest BCUT2D eigenvalue weighted by molar-refractivity contribution is -0.146. The molecular weight excluding hydrogens is 280 g/mol. The largest absolute Gasteiger partial charge is 0.299 e. The number of Topliss-reactive ketones (excluding diaryl/α,β-unsaturated/α-hetero) is 1. The monoisotopic (exact) mass is 316 g/mol. The van der Waals surface area contributed by atoms with Gasteiger partial charge in [0.05, 0.1) is 0 Å². The third-order valence-corrected chi connectivity index (χ3v) is 9.97. The molecule has 0 aliphatic heterocycles. The molecule has 4 aliphatic carbocycles. The van der Waals surface area contributed by atoms with E-state index >= 15 is 0 Å². The van der Waals surface area contributed by atoms with Gasteiger partial charge in [-0.1, -0.05) is 33.6 Å². The average molecular weight is 317 g/mol. The Morgan fingerprint density at radius 3 is 2.30 bits per heavy atom. The van der Waals surface area contributed by atoms with E-state index in [1.807, 2.05) is 6.92 Å². The first-order chi connectivity index (χ1) is 10.8. The number of carbonyl (C=O) groups is 1. The minimum absolute atomic E-state index is 0.0487. The van der Waals surface area contributed by atoms with Gasteiger partial charge in [0.15, 0.2) is 0 Å². The molecule has 4 aliphatic rings. The van der Waals surface area contributed by atoms with E-state index in [1.165, 1.54) is 57.8 Å². The van der Waals surface area contributed by atoms with E-state index in [1.54, 1.807) is 0 Å². The molecular formula is C22H36O. The molecule has 0 saturated heterocycles. The van der Waals surface area contributed by atoms with E-state index in [2.05, 4.69) is 20.8 Å². The van der Waals surface area contributed by atoms with Crippen LogP contribution in [0.4, 0.5) is 0 Å². The second kappa shape index (κ2) is 5.09. The fraction of sp³-hybridized carbons (Fsp3) is 0.955. The van der Waals surface area contributed by atoms with Crippen molar-refractivity contribution >= 4 is 5.78 Å². The molecule has 0 radical (unpaired) electrons. The molecule has 0 N–H and O–H groups in total. The summed E-state index contributed by atoms with van der Waals surface area (Å²) in [5.74, 6) is 4.14. The van der Waals surface area contributed by atoms with Crippen LogP contribution < -0.4 is 0 Å². The molecule has 0 aromatic carbocycles. The van der Waals surface area contributed by atoms with Gasteiger partial charge in [0.25, 0.3) is 0 Å². The summed E-state index contributed by atoms with van der Waals surface area (Å²) in [4.78, 5) is 12.5. The molecule has 4 saturated carbocycles. The molecule has 23 heavy (non-hydrogen) atoms. The zero-order chi connectivity index (χ0) is 16.5. The number of fused-ring (bicyclic) bond motifs is 5. The topological polar surface area (TPSA) is 17.1 Å². The Kier molecular flexibility index (Phi) is 3.57. The number of ketones is 1. The summed E-state index contributed by atoms with van der Waals surface area (Å²) in [6, 6.07) is 0. The molecule has 0 aromatic heterocycles. The van der Waals surface area contributed by atoms with Crippen molar-refractivity contribution in [2.75, 3.05) is 0 Å². The number of carbonyl (C=O) groups excluding carboxylic acids is 1. The van der Waals surface area contributed by atoms with Gasteiger partial charge >= 0.3 is 0 Å². The van der Waals surface area contributed by atoms with Crippen LogP contribution in [0.25, 0.3) is 0 Å². The highest BCUT2D eigenvalue weighted by atomic mass is 16.1.